The molecule has 0 bridgehead atoms. The molecule has 0 aliphatic heterocycles. The number of hydrogen-bond donors (Lipinski definition) is 0. The predicted octanol–water partition coefficient (Wildman–Crippen LogP) is 2.50. The molecule has 0 aliphatic carbocycles. The first-order valence-electron chi connectivity index (χ1n) is 5.17. The van der Waals surface area contributed by atoms with E-state index >= 15 is 0 Å². The highest BCUT2D eigenvalue weighted by atomic mass is 19.1. The van der Waals surface area contributed by atoms with Crippen LogP contribution in [-0.4, -0.2) is 19.0 Å². The Morgan fingerprint density at radius 1 is 1.38 bits per heavy atom. The van der Waals surface area contributed by atoms with Gasteiger partial charge in [-0.1, -0.05) is 13.0 Å². The first-order valence-corrected chi connectivity index (χ1v) is 5.17. The second-order valence-corrected chi connectivity index (χ2v) is 3.50. The summed E-state index contributed by atoms with van der Waals surface area (Å²) >= 11 is 0. The maximum atomic E-state index is 13.2. The lowest BCUT2D eigenvalue weighted by Crippen LogP contribution is -2.12. The van der Waals surface area contributed by atoms with E-state index in [9.17, 15) is 13.6 Å². The van der Waals surface area contributed by atoms with E-state index in [1.54, 1.807) is 0 Å². The molecule has 1 rings (SSSR count). The van der Waals surface area contributed by atoms with Gasteiger partial charge in [0.05, 0.1) is 0 Å². The van der Waals surface area contributed by atoms with Crippen LogP contribution >= 0.6 is 0 Å². The molecule has 0 aliphatic rings. The first kappa shape index (κ1) is 12.8. The molecular weight excluding hydrogens is 214 g/mol. The van der Waals surface area contributed by atoms with Crippen LogP contribution in [0.25, 0.3) is 0 Å². The molecular formula is C12H14F2O2. The lowest BCUT2D eigenvalue weighted by molar-refractivity contribution is -0.122. The molecule has 0 heterocycles. The number of carbonyl (C=O) groups excluding carboxylic acids is 1. The van der Waals surface area contributed by atoms with Crippen LogP contribution < -0.4 is 0 Å². The Morgan fingerprint density at radius 2 is 2.12 bits per heavy atom. The van der Waals surface area contributed by atoms with Crippen molar-refractivity contribution in [3.8, 4) is 0 Å². The number of carbonyl (C=O) groups is 1. The van der Waals surface area contributed by atoms with Crippen LogP contribution in [0.5, 0.6) is 0 Å². The van der Waals surface area contributed by atoms with E-state index in [2.05, 4.69) is 0 Å². The first-order chi connectivity index (χ1) is 7.63. The number of Topliss-reactive ketones (excluding diaryl/α,β-unsaturated/α-hetero) is 1. The molecule has 2 nitrogen and oxygen atoms in total. The van der Waals surface area contributed by atoms with Gasteiger partial charge in [-0.05, 0) is 18.1 Å². The lowest BCUT2D eigenvalue weighted by Gasteiger charge is -2.03. The molecule has 0 aromatic heterocycles. The van der Waals surface area contributed by atoms with E-state index in [0.717, 1.165) is 18.6 Å². The van der Waals surface area contributed by atoms with Gasteiger partial charge in [-0.25, -0.2) is 8.78 Å². The summed E-state index contributed by atoms with van der Waals surface area (Å²) in [5.41, 5.74) is 0.200. The van der Waals surface area contributed by atoms with E-state index < -0.39 is 11.6 Å². The molecule has 1 aromatic rings. The normalized spacial score (nSPS) is 10.4. The summed E-state index contributed by atoms with van der Waals surface area (Å²) in [4.78, 5) is 11.3. The second kappa shape index (κ2) is 6.33. The van der Waals surface area contributed by atoms with Crippen LogP contribution in [0.3, 0.4) is 0 Å². The van der Waals surface area contributed by atoms with E-state index in [0.29, 0.717) is 6.61 Å². The third-order valence-corrected chi connectivity index (χ3v) is 2.01. The van der Waals surface area contributed by atoms with Gasteiger partial charge in [0.15, 0.2) is 5.78 Å². The smallest absolute Gasteiger partial charge is 0.162 e. The van der Waals surface area contributed by atoms with Gasteiger partial charge in [-0.3, -0.25) is 4.79 Å². The van der Waals surface area contributed by atoms with Crippen molar-refractivity contribution in [2.24, 2.45) is 0 Å². The zero-order chi connectivity index (χ0) is 12.0. The molecule has 0 saturated carbocycles. The Kier molecular flexibility index (Phi) is 5.05. The minimum absolute atomic E-state index is 0.0232. The molecule has 0 saturated heterocycles. The van der Waals surface area contributed by atoms with Crippen molar-refractivity contribution < 1.29 is 18.3 Å². The highest BCUT2D eigenvalue weighted by molar-refractivity contribution is 5.82. The minimum Gasteiger partial charge on any atom is -0.374 e. The molecule has 16 heavy (non-hydrogen) atoms. The number of ketones is 1. The van der Waals surface area contributed by atoms with Crippen molar-refractivity contribution in [2.45, 2.75) is 19.8 Å². The molecule has 0 atom stereocenters. The monoisotopic (exact) mass is 228 g/mol. The van der Waals surface area contributed by atoms with Crippen LogP contribution in [0, 0.1) is 11.6 Å². The van der Waals surface area contributed by atoms with Crippen LogP contribution in [-0.2, 0) is 16.0 Å². The topological polar surface area (TPSA) is 26.3 Å². The fourth-order valence-electron chi connectivity index (χ4n) is 1.26. The molecule has 0 radical (unpaired) electrons. The molecule has 0 amide bonds. The van der Waals surface area contributed by atoms with Gasteiger partial charge in [-0.15, -0.1) is 0 Å². The van der Waals surface area contributed by atoms with Gasteiger partial charge in [0.25, 0.3) is 0 Å². The quantitative estimate of drug-likeness (QED) is 0.699. The summed E-state index contributed by atoms with van der Waals surface area (Å²) in [5, 5.41) is 0. The average Bonchev–Trinajstić information content (AvgIpc) is 2.23. The lowest BCUT2D eigenvalue weighted by atomic mass is 10.1. The van der Waals surface area contributed by atoms with Crippen LogP contribution in [0.2, 0.25) is 0 Å². The third-order valence-electron chi connectivity index (χ3n) is 2.01. The van der Waals surface area contributed by atoms with E-state index in [1.807, 2.05) is 6.92 Å². The van der Waals surface area contributed by atoms with Gasteiger partial charge >= 0.3 is 0 Å². The van der Waals surface area contributed by atoms with Crippen molar-refractivity contribution >= 4 is 5.78 Å². The van der Waals surface area contributed by atoms with Gasteiger partial charge in [0, 0.05) is 19.1 Å². The van der Waals surface area contributed by atoms with Gasteiger partial charge in [0.1, 0.15) is 18.2 Å². The molecule has 4 heteroatoms. The number of halogens is 2. The average molecular weight is 228 g/mol. The summed E-state index contributed by atoms with van der Waals surface area (Å²) in [6.45, 7) is 2.42. The fraction of sp³-hybridized carbons (Fsp3) is 0.417. The van der Waals surface area contributed by atoms with E-state index in [1.165, 1.54) is 6.07 Å². The Labute approximate surface area is 93.2 Å². The summed E-state index contributed by atoms with van der Waals surface area (Å²) in [6, 6.07) is 3.19. The standard InChI is InChI=1S/C12H14F2O2/c1-2-5-16-8-11(15)6-9-3-4-10(13)7-12(9)14/h3-4,7H,2,5-6,8H2,1H3. The highest BCUT2D eigenvalue weighted by Gasteiger charge is 2.09. The highest BCUT2D eigenvalue weighted by Crippen LogP contribution is 2.10. The van der Waals surface area contributed by atoms with Gasteiger partial charge in [-0.2, -0.15) is 0 Å². The number of ether oxygens (including phenoxy) is 1. The summed E-state index contributed by atoms with van der Waals surface area (Å²) < 4.78 is 30.8. The maximum Gasteiger partial charge on any atom is 0.162 e. The third kappa shape index (κ3) is 4.06. The SMILES string of the molecule is CCCOCC(=O)Cc1ccc(F)cc1F. The molecule has 0 fully saturated rings. The van der Waals surface area contributed by atoms with Gasteiger partial charge in [0.2, 0.25) is 0 Å². The molecule has 0 N–H and O–H groups in total. The molecule has 88 valence electrons. The zero-order valence-corrected chi connectivity index (χ0v) is 9.13. The second-order valence-electron chi connectivity index (χ2n) is 3.50. The molecule has 1 aromatic carbocycles. The Balaban J connectivity index is 2.49. The maximum absolute atomic E-state index is 13.2. The van der Waals surface area contributed by atoms with Crippen LogP contribution in [0.15, 0.2) is 18.2 Å². The van der Waals surface area contributed by atoms with E-state index in [4.69, 9.17) is 4.74 Å². The molecule has 0 unspecified atom stereocenters. The van der Waals surface area contributed by atoms with Crippen molar-refractivity contribution in [3.63, 3.8) is 0 Å². The number of hydrogen-bond acceptors (Lipinski definition) is 2. The largest absolute Gasteiger partial charge is 0.374 e. The van der Waals surface area contributed by atoms with Crippen molar-refractivity contribution in [1.29, 1.82) is 0 Å². The summed E-state index contributed by atoms with van der Waals surface area (Å²) in [5.74, 6) is -1.54. The predicted molar refractivity (Wildman–Crippen MR) is 56.2 cm³/mol. The minimum atomic E-state index is -0.691. The fourth-order valence-corrected chi connectivity index (χ4v) is 1.26. The number of benzene rings is 1. The summed E-state index contributed by atoms with van der Waals surface area (Å²) in [7, 11) is 0. The Morgan fingerprint density at radius 3 is 2.75 bits per heavy atom. The van der Waals surface area contributed by atoms with Crippen molar-refractivity contribution in [2.75, 3.05) is 13.2 Å². The Bertz CT molecular complexity index is 364. The van der Waals surface area contributed by atoms with Crippen LogP contribution in [0.4, 0.5) is 8.78 Å². The van der Waals surface area contributed by atoms with Gasteiger partial charge < -0.3 is 4.74 Å². The van der Waals surface area contributed by atoms with Crippen molar-refractivity contribution in [3.05, 3.63) is 35.4 Å². The Hall–Kier alpha value is -1.29. The molecule has 0 spiro atoms. The zero-order valence-electron chi connectivity index (χ0n) is 9.13. The van der Waals surface area contributed by atoms with Crippen molar-refractivity contribution in [1.82, 2.24) is 0 Å². The van der Waals surface area contributed by atoms with Crippen LogP contribution in [0.1, 0.15) is 18.9 Å². The number of rotatable bonds is 6. The summed E-state index contributed by atoms with van der Waals surface area (Å²) in [6.07, 6.45) is 0.772. The van der Waals surface area contributed by atoms with E-state index in [-0.39, 0.29) is 24.4 Å².